The Morgan fingerprint density at radius 2 is 1.32 bits per heavy atom. The van der Waals surface area contributed by atoms with Crippen LogP contribution < -0.4 is 0 Å². The lowest BCUT2D eigenvalue weighted by atomic mass is 9.33. The molecule has 3 saturated heterocycles. The highest BCUT2D eigenvalue weighted by Gasteiger charge is 2.70. The van der Waals surface area contributed by atoms with Gasteiger partial charge in [0.2, 0.25) is 6.29 Å². The third kappa shape index (κ3) is 7.80. The molecule has 4 saturated carbocycles. The molecule has 18 nitrogen and oxygen atoms in total. The summed E-state index contributed by atoms with van der Waals surface area (Å²) in [5.41, 5.74) is -1.36. The summed E-state index contributed by atoms with van der Waals surface area (Å²) in [5.74, 6) is -0.531. The fraction of sp³-hybridized carbons (Fsp3) is 0.936. The largest absolute Gasteiger partial charge is 0.432 e. The summed E-state index contributed by atoms with van der Waals surface area (Å²) in [7, 11) is 0. The standard InChI is InChI=1S/C47H76O18/c1-42(2)13-15-47(41(59)65-39-35(57)33(55)31(53)25(18-48)61-39)16-14-45(5)22(23(47)17-42)7-8-28-43(3)11-10-29(44(4,21-50)27(43)9-12-46(28,45)6)63-40-36(58)37(32(54)26(19-49)62-40)64-38-34(56)30(52)24(51)20-60-38/h7,23-40,48-58H,8-21H2,1-6H3/t23-,24-,25+,26+,27+,28+,29-,30-,31+,32+,33-,34+,35+,36+,37-,38-,39-,40-,43-,44-,45+,46+,47-/m0/s1. The Labute approximate surface area is 380 Å². The molecular weight excluding hydrogens is 852 g/mol. The lowest BCUT2D eigenvalue weighted by Gasteiger charge is -2.71. The highest BCUT2D eigenvalue weighted by Crippen LogP contribution is 2.76. The number of fused-ring (bicyclic) bond motifs is 7. The highest BCUT2D eigenvalue weighted by atomic mass is 16.7. The zero-order valence-electron chi connectivity index (χ0n) is 38.6. The van der Waals surface area contributed by atoms with Crippen molar-refractivity contribution in [2.45, 2.75) is 198 Å². The molecule has 0 aromatic heterocycles. The van der Waals surface area contributed by atoms with E-state index in [0.717, 1.165) is 38.5 Å². The van der Waals surface area contributed by atoms with Crippen LogP contribution in [0.1, 0.15) is 106 Å². The van der Waals surface area contributed by atoms with Crippen molar-refractivity contribution in [1.29, 1.82) is 0 Å². The third-order valence-corrected chi connectivity index (χ3v) is 19.1. The lowest BCUT2D eigenvalue weighted by Crippen LogP contribution is -2.67. The van der Waals surface area contributed by atoms with Gasteiger partial charge in [0, 0.05) is 5.41 Å². The summed E-state index contributed by atoms with van der Waals surface area (Å²) in [5, 5.41) is 117. The Kier molecular flexibility index (Phi) is 13.7. The van der Waals surface area contributed by atoms with Crippen molar-refractivity contribution in [1.82, 2.24) is 0 Å². The van der Waals surface area contributed by atoms with Crippen molar-refractivity contribution in [2.75, 3.05) is 26.4 Å². The van der Waals surface area contributed by atoms with Gasteiger partial charge in [0.15, 0.2) is 12.6 Å². The van der Waals surface area contributed by atoms with Gasteiger partial charge in [0.25, 0.3) is 0 Å². The first-order valence-electron chi connectivity index (χ1n) is 23.9. The average molecular weight is 929 g/mol. The molecule has 0 unspecified atom stereocenters. The Morgan fingerprint density at radius 3 is 2.00 bits per heavy atom. The minimum atomic E-state index is -1.70. The van der Waals surface area contributed by atoms with Crippen LogP contribution in [-0.2, 0) is 33.2 Å². The molecule has 3 heterocycles. The monoisotopic (exact) mass is 929 g/mol. The normalized spacial score (nSPS) is 54.3. The predicted octanol–water partition coefficient (Wildman–Crippen LogP) is -0.248. The van der Waals surface area contributed by atoms with Crippen molar-refractivity contribution in [3.63, 3.8) is 0 Å². The number of esters is 1. The second-order valence-corrected chi connectivity index (χ2v) is 22.9. The average Bonchev–Trinajstić information content (AvgIpc) is 3.26. The number of hydrogen-bond acceptors (Lipinski definition) is 18. The van der Waals surface area contributed by atoms with Crippen LogP contribution in [0.3, 0.4) is 0 Å². The molecule has 0 radical (unpaired) electrons. The molecule has 0 spiro atoms. The van der Waals surface area contributed by atoms with Gasteiger partial charge in [-0.3, -0.25) is 4.79 Å². The van der Waals surface area contributed by atoms with Crippen molar-refractivity contribution in [2.24, 2.45) is 50.2 Å². The van der Waals surface area contributed by atoms with Crippen LogP contribution in [0.15, 0.2) is 11.6 Å². The molecule has 0 aromatic carbocycles. The Bertz CT molecular complexity index is 1760. The molecule has 0 aromatic rings. The summed E-state index contributed by atoms with van der Waals surface area (Å²) >= 11 is 0. The van der Waals surface area contributed by atoms with Crippen LogP contribution in [0.5, 0.6) is 0 Å². The fourth-order valence-electron chi connectivity index (χ4n) is 14.8. The summed E-state index contributed by atoms with van der Waals surface area (Å²) in [4.78, 5) is 14.7. The maximum absolute atomic E-state index is 14.7. The molecule has 18 heteroatoms. The molecule has 7 fully saturated rings. The van der Waals surface area contributed by atoms with Gasteiger partial charge >= 0.3 is 5.97 Å². The molecular formula is C47H76O18. The Morgan fingerprint density at radius 1 is 0.677 bits per heavy atom. The number of aliphatic hydroxyl groups is 11. The molecule has 65 heavy (non-hydrogen) atoms. The van der Waals surface area contributed by atoms with Crippen LogP contribution in [0.2, 0.25) is 0 Å². The fourth-order valence-corrected chi connectivity index (χ4v) is 14.8. The van der Waals surface area contributed by atoms with Gasteiger partial charge in [-0.25, -0.2) is 0 Å². The summed E-state index contributed by atoms with van der Waals surface area (Å²) in [6, 6.07) is 0. The van der Waals surface area contributed by atoms with Gasteiger partial charge in [-0.05, 0) is 104 Å². The summed E-state index contributed by atoms with van der Waals surface area (Å²) in [6.45, 7) is 11.7. The molecule has 23 atom stereocenters. The minimum absolute atomic E-state index is 0.0362. The Hall–Kier alpha value is -1.43. The summed E-state index contributed by atoms with van der Waals surface area (Å²) in [6.07, 6.45) is -12.6. The zero-order valence-corrected chi connectivity index (χ0v) is 38.6. The smallest absolute Gasteiger partial charge is 0.315 e. The van der Waals surface area contributed by atoms with E-state index in [1.165, 1.54) is 5.57 Å². The molecule has 8 aliphatic rings. The maximum Gasteiger partial charge on any atom is 0.315 e. The van der Waals surface area contributed by atoms with Gasteiger partial charge in [0.05, 0.1) is 37.9 Å². The number of carbonyl (C=O) groups is 1. The predicted molar refractivity (Wildman–Crippen MR) is 226 cm³/mol. The molecule has 8 rings (SSSR count). The lowest BCUT2D eigenvalue weighted by molar-refractivity contribution is -0.363. The van der Waals surface area contributed by atoms with E-state index in [1.54, 1.807) is 0 Å². The van der Waals surface area contributed by atoms with E-state index in [-0.39, 0.29) is 52.6 Å². The zero-order chi connectivity index (χ0) is 47.4. The molecule has 3 aliphatic heterocycles. The van der Waals surface area contributed by atoms with E-state index in [0.29, 0.717) is 25.7 Å². The number of ether oxygens (including phenoxy) is 6. The van der Waals surface area contributed by atoms with Crippen molar-refractivity contribution >= 4 is 5.97 Å². The van der Waals surface area contributed by atoms with Gasteiger partial charge in [-0.2, -0.15) is 0 Å². The minimum Gasteiger partial charge on any atom is -0.432 e. The van der Waals surface area contributed by atoms with Crippen LogP contribution in [0, 0.1) is 50.2 Å². The van der Waals surface area contributed by atoms with Crippen molar-refractivity contribution in [3.05, 3.63) is 11.6 Å². The molecule has 5 aliphatic carbocycles. The molecule has 0 bridgehead atoms. The second kappa shape index (κ2) is 17.8. The van der Waals surface area contributed by atoms with E-state index < -0.39 is 122 Å². The van der Waals surface area contributed by atoms with Gasteiger partial charge in [-0.1, -0.05) is 53.2 Å². The van der Waals surface area contributed by atoms with Gasteiger partial charge in [-0.15, -0.1) is 0 Å². The van der Waals surface area contributed by atoms with Crippen LogP contribution in [0.25, 0.3) is 0 Å². The van der Waals surface area contributed by atoms with Gasteiger partial charge in [0.1, 0.15) is 67.1 Å². The quantitative estimate of drug-likeness (QED) is 0.0808. The number of allylic oxidation sites excluding steroid dienone is 2. The first-order chi connectivity index (χ1) is 30.5. The van der Waals surface area contributed by atoms with Crippen LogP contribution in [0.4, 0.5) is 0 Å². The summed E-state index contributed by atoms with van der Waals surface area (Å²) < 4.78 is 35.4. The van der Waals surface area contributed by atoms with E-state index in [1.807, 2.05) is 6.92 Å². The maximum atomic E-state index is 14.7. The van der Waals surface area contributed by atoms with Gasteiger partial charge < -0.3 is 84.6 Å². The van der Waals surface area contributed by atoms with Crippen molar-refractivity contribution in [3.8, 4) is 0 Å². The topological polar surface area (TPSA) is 295 Å². The SMILES string of the molecule is CC1(C)CC[C@]2(C(=O)O[C@@H]3O[C@H](CO)[C@@H](O)[C@H](O)[C@H]3O)CC[C@]3(C)C(=CC[C@@H]4[C@@]5(C)CC[C@H](O[C@@H]6O[C@H](CO)[C@@H](O)[C@H](O[C@@H]7OC[C@H](O)[C@H](O)[C@H]7O)[C@H]6O)[C@@](C)(CO)[C@@H]5CC[C@]43C)[C@@H]2C1. The number of carbonyl (C=O) groups excluding carboxylic acids is 1. The number of aliphatic hydroxyl groups excluding tert-OH is 11. The number of rotatable bonds is 9. The highest BCUT2D eigenvalue weighted by molar-refractivity contribution is 5.79. The van der Waals surface area contributed by atoms with E-state index in [2.05, 4.69) is 40.7 Å². The second-order valence-electron chi connectivity index (χ2n) is 22.9. The first-order valence-corrected chi connectivity index (χ1v) is 23.9. The van der Waals surface area contributed by atoms with Crippen LogP contribution in [-0.4, -0.2) is 181 Å². The van der Waals surface area contributed by atoms with E-state index >= 15 is 0 Å². The number of hydrogen-bond donors (Lipinski definition) is 11. The van der Waals surface area contributed by atoms with Crippen molar-refractivity contribution < 1.29 is 89.4 Å². The Balaban J connectivity index is 1.04. The van der Waals surface area contributed by atoms with E-state index in [4.69, 9.17) is 28.4 Å². The van der Waals surface area contributed by atoms with E-state index in [9.17, 15) is 61.0 Å². The first kappa shape index (κ1) is 50.0. The third-order valence-electron chi connectivity index (χ3n) is 19.1. The molecule has 11 N–H and O–H groups in total. The van der Waals surface area contributed by atoms with Crippen LogP contribution >= 0.6 is 0 Å². The molecule has 372 valence electrons. The molecule has 0 amide bonds.